The number of hydrogen-bond donors (Lipinski definition) is 2. The number of halogens is 1. The van der Waals surface area contributed by atoms with E-state index in [1.807, 2.05) is 18.2 Å². The molecule has 32 heavy (non-hydrogen) atoms. The average molecular weight is 460 g/mol. The van der Waals surface area contributed by atoms with Crippen molar-refractivity contribution in [2.75, 3.05) is 6.54 Å². The van der Waals surface area contributed by atoms with Crippen LogP contribution in [-0.2, 0) is 39.0 Å². The Morgan fingerprint density at radius 3 is 2.41 bits per heavy atom. The van der Waals surface area contributed by atoms with Crippen molar-refractivity contribution in [3.63, 3.8) is 0 Å². The number of para-hydroxylation sites is 1. The second-order valence-electron chi connectivity index (χ2n) is 7.72. The third-order valence-corrected chi connectivity index (χ3v) is 7.67. The fraction of sp³-hybridized carbons (Fsp3) is 0.273. The van der Waals surface area contributed by atoms with E-state index < -0.39 is 40.4 Å². The van der Waals surface area contributed by atoms with Crippen molar-refractivity contribution >= 4 is 32.9 Å². The van der Waals surface area contributed by atoms with Gasteiger partial charge >= 0.3 is 11.9 Å². The van der Waals surface area contributed by atoms with Crippen LogP contribution >= 0.6 is 0 Å². The topological polar surface area (TPSA) is 117 Å². The standard InChI is InChI=1S/C22H21FN2O6S/c23-14-5-8-16(9-6-14)32(30,31)25(13-22(28)29)15-7-10-20-18(11-15)17-3-1-2-4-19(17)24(20)12-21(26)27/h1-6,8-9,15H,7,10-13H2,(H,26,27)(H,28,29). The molecule has 0 aliphatic heterocycles. The van der Waals surface area contributed by atoms with E-state index in [0.717, 1.165) is 50.7 Å². The summed E-state index contributed by atoms with van der Waals surface area (Å²) in [7, 11) is -4.20. The van der Waals surface area contributed by atoms with Gasteiger partial charge in [0.25, 0.3) is 0 Å². The van der Waals surface area contributed by atoms with Gasteiger partial charge in [0, 0.05) is 22.6 Å². The third-order valence-electron chi connectivity index (χ3n) is 5.76. The number of aromatic nitrogens is 1. The van der Waals surface area contributed by atoms with Gasteiger partial charge in [0.1, 0.15) is 18.9 Å². The zero-order valence-electron chi connectivity index (χ0n) is 16.9. The first-order valence-corrected chi connectivity index (χ1v) is 11.4. The molecule has 10 heteroatoms. The summed E-state index contributed by atoms with van der Waals surface area (Å²) in [5.74, 6) is -2.88. The number of carbonyl (C=O) groups is 2. The molecule has 0 fully saturated rings. The minimum Gasteiger partial charge on any atom is -0.480 e. The van der Waals surface area contributed by atoms with Gasteiger partial charge < -0.3 is 14.8 Å². The number of sulfonamides is 1. The monoisotopic (exact) mass is 460 g/mol. The fourth-order valence-corrected chi connectivity index (χ4v) is 6.03. The fourth-order valence-electron chi connectivity index (χ4n) is 4.43. The molecule has 1 aliphatic carbocycles. The lowest BCUT2D eigenvalue weighted by Gasteiger charge is -2.33. The number of rotatable bonds is 7. The van der Waals surface area contributed by atoms with Crippen LogP contribution in [0.15, 0.2) is 53.4 Å². The molecular weight excluding hydrogens is 439 g/mol. The van der Waals surface area contributed by atoms with E-state index in [9.17, 15) is 32.6 Å². The van der Waals surface area contributed by atoms with E-state index in [1.165, 1.54) is 0 Å². The number of carboxylic acids is 2. The Morgan fingerprint density at radius 1 is 1.06 bits per heavy atom. The average Bonchev–Trinajstić information content (AvgIpc) is 3.05. The highest BCUT2D eigenvalue weighted by Gasteiger charge is 2.37. The number of hydrogen-bond acceptors (Lipinski definition) is 4. The molecule has 0 radical (unpaired) electrons. The van der Waals surface area contributed by atoms with Gasteiger partial charge in [-0.1, -0.05) is 18.2 Å². The van der Waals surface area contributed by atoms with Crippen molar-refractivity contribution in [1.82, 2.24) is 8.87 Å². The van der Waals surface area contributed by atoms with E-state index in [1.54, 1.807) is 10.6 Å². The van der Waals surface area contributed by atoms with Crippen molar-refractivity contribution in [3.05, 3.63) is 65.6 Å². The molecule has 4 rings (SSSR count). The van der Waals surface area contributed by atoms with Crippen molar-refractivity contribution in [2.45, 2.75) is 36.7 Å². The molecule has 0 saturated heterocycles. The van der Waals surface area contributed by atoms with Crippen LogP contribution in [0.25, 0.3) is 10.9 Å². The van der Waals surface area contributed by atoms with Gasteiger partial charge in [-0.3, -0.25) is 9.59 Å². The van der Waals surface area contributed by atoms with Crippen LogP contribution in [-0.4, -0.2) is 52.0 Å². The first-order chi connectivity index (χ1) is 15.2. The number of benzene rings is 2. The third kappa shape index (κ3) is 3.98. The minimum atomic E-state index is -4.20. The second kappa shape index (κ2) is 8.36. The summed E-state index contributed by atoms with van der Waals surface area (Å²) in [5.41, 5.74) is 2.38. The zero-order chi connectivity index (χ0) is 23.0. The van der Waals surface area contributed by atoms with Crippen LogP contribution in [0.1, 0.15) is 17.7 Å². The maximum absolute atomic E-state index is 13.3. The van der Waals surface area contributed by atoms with E-state index in [2.05, 4.69) is 0 Å². The predicted molar refractivity (Wildman–Crippen MR) is 113 cm³/mol. The Morgan fingerprint density at radius 2 is 1.75 bits per heavy atom. The van der Waals surface area contributed by atoms with Gasteiger partial charge in [-0.05, 0) is 55.2 Å². The molecule has 0 spiro atoms. The van der Waals surface area contributed by atoms with E-state index in [4.69, 9.17) is 0 Å². The van der Waals surface area contributed by atoms with Crippen molar-refractivity contribution in [1.29, 1.82) is 0 Å². The van der Waals surface area contributed by atoms with Gasteiger partial charge in [-0.25, -0.2) is 12.8 Å². The molecule has 168 valence electrons. The van der Waals surface area contributed by atoms with Gasteiger partial charge in [0.15, 0.2) is 0 Å². The molecule has 1 heterocycles. The van der Waals surface area contributed by atoms with Crippen molar-refractivity contribution < 1.29 is 32.6 Å². The Labute approximate surface area is 183 Å². The summed E-state index contributed by atoms with van der Waals surface area (Å²) >= 11 is 0. The maximum atomic E-state index is 13.3. The predicted octanol–water partition coefficient (Wildman–Crippen LogP) is 2.50. The summed E-state index contributed by atoms with van der Waals surface area (Å²) in [6, 6.07) is 10.9. The van der Waals surface area contributed by atoms with Gasteiger partial charge in [-0.2, -0.15) is 4.31 Å². The Hall–Kier alpha value is -3.24. The molecule has 8 nitrogen and oxygen atoms in total. The Kier molecular flexibility index (Phi) is 5.74. The number of aliphatic carboxylic acids is 2. The maximum Gasteiger partial charge on any atom is 0.323 e. The number of fused-ring (bicyclic) bond motifs is 3. The van der Waals surface area contributed by atoms with Crippen LogP contribution in [0.4, 0.5) is 4.39 Å². The molecule has 0 bridgehead atoms. The smallest absolute Gasteiger partial charge is 0.323 e. The lowest BCUT2D eigenvalue weighted by atomic mass is 9.91. The van der Waals surface area contributed by atoms with E-state index in [0.29, 0.717) is 12.8 Å². The van der Waals surface area contributed by atoms with Crippen LogP contribution < -0.4 is 0 Å². The molecule has 2 aromatic carbocycles. The summed E-state index contributed by atoms with van der Waals surface area (Å²) in [5, 5.41) is 19.6. The molecule has 0 saturated carbocycles. The van der Waals surface area contributed by atoms with Crippen LogP contribution in [0.2, 0.25) is 0 Å². The zero-order valence-corrected chi connectivity index (χ0v) is 17.8. The summed E-state index contributed by atoms with van der Waals surface area (Å²) in [6.07, 6.45) is 0.976. The minimum absolute atomic E-state index is 0.181. The van der Waals surface area contributed by atoms with Gasteiger partial charge in [0.2, 0.25) is 10.0 Å². The molecule has 0 amide bonds. The van der Waals surface area contributed by atoms with E-state index >= 15 is 0 Å². The normalized spacial score (nSPS) is 16.2. The quantitative estimate of drug-likeness (QED) is 0.560. The summed E-state index contributed by atoms with van der Waals surface area (Å²) in [4.78, 5) is 22.8. The Bertz CT molecular complexity index is 1300. The van der Waals surface area contributed by atoms with Crippen LogP contribution in [0.5, 0.6) is 0 Å². The lowest BCUT2D eigenvalue weighted by molar-refractivity contribution is -0.138. The molecule has 1 atom stereocenters. The number of nitrogens with zero attached hydrogens (tertiary/aromatic N) is 2. The summed E-state index contributed by atoms with van der Waals surface area (Å²) in [6.45, 7) is -0.944. The lowest BCUT2D eigenvalue weighted by Crippen LogP contribution is -2.46. The molecule has 3 aromatic rings. The SMILES string of the molecule is O=C(O)CN(C1CCc2c(c3ccccc3n2CC(=O)O)C1)S(=O)(=O)c1ccc(F)cc1. The van der Waals surface area contributed by atoms with Crippen molar-refractivity contribution in [3.8, 4) is 0 Å². The molecule has 2 N–H and O–H groups in total. The molecular formula is C22H21FN2O6S. The molecule has 1 aliphatic rings. The van der Waals surface area contributed by atoms with Gasteiger partial charge in [-0.15, -0.1) is 0 Å². The first kappa shape index (κ1) is 22.0. The van der Waals surface area contributed by atoms with Crippen LogP contribution in [0.3, 0.4) is 0 Å². The number of carboxylic acid groups (broad SMARTS) is 2. The molecule has 1 unspecified atom stereocenters. The van der Waals surface area contributed by atoms with Gasteiger partial charge in [0.05, 0.1) is 4.90 Å². The first-order valence-electron chi connectivity index (χ1n) is 9.98. The van der Waals surface area contributed by atoms with Crippen LogP contribution in [0, 0.1) is 5.82 Å². The largest absolute Gasteiger partial charge is 0.480 e. The van der Waals surface area contributed by atoms with Crippen molar-refractivity contribution in [2.24, 2.45) is 0 Å². The highest BCUT2D eigenvalue weighted by atomic mass is 32.2. The highest BCUT2D eigenvalue weighted by Crippen LogP contribution is 2.35. The summed E-state index contributed by atoms with van der Waals surface area (Å²) < 4.78 is 42.5. The highest BCUT2D eigenvalue weighted by molar-refractivity contribution is 7.89. The second-order valence-corrected chi connectivity index (χ2v) is 9.61. The Balaban J connectivity index is 1.76. The molecule has 1 aromatic heterocycles. The van der Waals surface area contributed by atoms with E-state index in [-0.39, 0.29) is 17.9 Å².